The molecule has 0 saturated carbocycles. The van der Waals surface area contributed by atoms with Gasteiger partial charge in [0.25, 0.3) is 0 Å². The lowest BCUT2D eigenvalue weighted by Gasteiger charge is -2.26. The van der Waals surface area contributed by atoms with E-state index in [9.17, 15) is 0 Å². The molecule has 0 bridgehead atoms. The molecule has 0 aromatic heterocycles. The number of benzene rings is 8. The van der Waals surface area contributed by atoms with Crippen molar-refractivity contribution in [2.75, 3.05) is 0 Å². The van der Waals surface area contributed by atoms with Crippen LogP contribution in [0.2, 0.25) is 0 Å². The Bertz CT molecular complexity index is 2230. The molecule has 0 aliphatic rings. The summed E-state index contributed by atoms with van der Waals surface area (Å²) >= 11 is 0. The van der Waals surface area contributed by atoms with Crippen molar-refractivity contribution in [3.63, 3.8) is 0 Å². The molecule has 2 unspecified atom stereocenters. The Kier molecular flexibility index (Phi) is 9.20. The van der Waals surface area contributed by atoms with Crippen molar-refractivity contribution < 1.29 is 0 Å². The molecule has 8 aromatic carbocycles. The molecule has 0 spiro atoms. The van der Waals surface area contributed by atoms with E-state index in [1.807, 2.05) is 6.07 Å². The summed E-state index contributed by atoms with van der Waals surface area (Å²) in [6.07, 6.45) is 0. The number of rotatable bonds is 9. The Hall–Kier alpha value is -6.28. The molecule has 0 radical (unpaired) electrons. The number of hydrogen-bond donors (Lipinski definition) is 1. The van der Waals surface area contributed by atoms with Crippen LogP contribution in [0.4, 0.5) is 0 Å². The highest BCUT2D eigenvalue weighted by Crippen LogP contribution is 2.39. The van der Waals surface area contributed by atoms with E-state index in [0.29, 0.717) is 0 Å². The van der Waals surface area contributed by atoms with Crippen molar-refractivity contribution in [3.05, 3.63) is 229 Å². The summed E-state index contributed by atoms with van der Waals surface area (Å²) in [6.45, 7) is 0. The van der Waals surface area contributed by atoms with Crippen molar-refractivity contribution >= 4 is 0 Å². The van der Waals surface area contributed by atoms with Gasteiger partial charge in [0.1, 0.15) is 0 Å². The van der Waals surface area contributed by atoms with Gasteiger partial charge >= 0.3 is 0 Å². The Labute approximate surface area is 301 Å². The highest BCUT2D eigenvalue weighted by Gasteiger charge is 2.24. The second kappa shape index (κ2) is 14.7. The molecule has 8 aromatic rings. The summed E-state index contributed by atoms with van der Waals surface area (Å²) in [5.41, 5.74) is 22.5. The zero-order chi connectivity index (χ0) is 34.4. The molecule has 0 amide bonds. The van der Waals surface area contributed by atoms with E-state index in [4.69, 9.17) is 5.73 Å². The van der Waals surface area contributed by atoms with Crippen LogP contribution in [0.1, 0.15) is 28.7 Å². The third-order valence-corrected chi connectivity index (χ3v) is 9.87. The van der Waals surface area contributed by atoms with Gasteiger partial charge in [-0.05, 0) is 90.5 Å². The molecule has 2 N–H and O–H groups in total. The predicted octanol–water partition coefficient (Wildman–Crippen LogP) is 12.9. The van der Waals surface area contributed by atoms with E-state index >= 15 is 0 Å². The van der Waals surface area contributed by atoms with Gasteiger partial charge in [0, 0.05) is 12.0 Å². The van der Waals surface area contributed by atoms with Crippen LogP contribution in [0.15, 0.2) is 212 Å². The number of hydrogen-bond acceptors (Lipinski definition) is 1. The summed E-state index contributed by atoms with van der Waals surface area (Å²) in [5, 5.41) is 0. The lowest BCUT2D eigenvalue weighted by atomic mass is 9.81. The third-order valence-electron chi connectivity index (χ3n) is 9.87. The van der Waals surface area contributed by atoms with E-state index in [-0.39, 0.29) is 12.0 Å². The van der Waals surface area contributed by atoms with Crippen molar-refractivity contribution in [3.8, 4) is 55.6 Å². The lowest BCUT2D eigenvalue weighted by Crippen LogP contribution is -2.21. The molecule has 244 valence electrons. The highest BCUT2D eigenvalue weighted by atomic mass is 14.7. The topological polar surface area (TPSA) is 26.0 Å². The predicted molar refractivity (Wildman–Crippen MR) is 215 cm³/mol. The average Bonchev–Trinajstić information content (AvgIpc) is 3.22. The SMILES string of the molecule is NC(c1ccccc1)C(c1ccccc1)c1cccc(-c2cc(-c3ccc(-c4ccccc4)cc3)cc(-c3ccc(-c4ccccc4)cc3)c2)c1. The second-order valence-electron chi connectivity index (χ2n) is 13.1. The Balaban J connectivity index is 1.22. The Morgan fingerprint density at radius 1 is 0.235 bits per heavy atom. The van der Waals surface area contributed by atoms with E-state index in [2.05, 4.69) is 206 Å². The normalized spacial score (nSPS) is 12.3. The maximum atomic E-state index is 7.10. The Morgan fingerprint density at radius 3 is 1.00 bits per heavy atom. The van der Waals surface area contributed by atoms with Crippen LogP contribution in [0.25, 0.3) is 55.6 Å². The van der Waals surface area contributed by atoms with Crippen molar-refractivity contribution in [1.82, 2.24) is 0 Å². The smallest absolute Gasteiger partial charge is 0.0405 e. The van der Waals surface area contributed by atoms with E-state index in [0.717, 1.165) is 5.56 Å². The highest BCUT2D eigenvalue weighted by molar-refractivity contribution is 5.83. The molecular weight excluding hydrogens is 615 g/mol. The summed E-state index contributed by atoms with van der Waals surface area (Å²) in [6, 6.07) is 75.8. The first-order valence-corrected chi connectivity index (χ1v) is 17.6. The van der Waals surface area contributed by atoms with Crippen molar-refractivity contribution in [1.29, 1.82) is 0 Å². The van der Waals surface area contributed by atoms with Crippen LogP contribution < -0.4 is 5.73 Å². The summed E-state index contributed by atoms with van der Waals surface area (Å²) in [5.74, 6) is -0.00716. The molecule has 1 heteroatoms. The van der Waals surface area contributed by atoms with Crippen molar-refractivity contribution in [2.24, 2.45) is 5.73 Å². The van der Waals surface area contributed by atoms with Gasteiger partial charge in [-0.25, -0.2) is 0 Å². The van der Waals surface area contributed by atoms with Gasteiger partial charge in [-0.2, -0.15) is 0 Å². The van der Waals surface area contributed by atoms with E-state index in [1.54, 1.807) is 0 Å². The molecule has 0 aliphatic carbocycles. The van der Waals surface area contributed by atoms with Crippen molar-refractivity contribution in [2.45, 2.75) is 12.0 Å². The molecule has 0 heterocycles. The fraction of sp³-hybridized carbons (Fsp3) is 0.0400. The zero-order valence-electron chi connectivity index (χ0n) is 28.4. The lowest BCUT2D eigenvalue weighted by molar-refractivity contribution is 0.630. The third kappa shape index (κ3) is 7.07. The average molecular weight is 654 g/mol. The van der Waals surface area contributed by atoms with Crippen LogP contribution in [0.5, 0.6) is 0 Å². The van der Waals surface area contributed by atoms with Gasteiger partial charge < -0.3 is 5.73 Å². The summed E-state index contributed by atoms with van der Waals surface area (Å²) in [4.78, 5) is 0. The Morgan fingerprint density at radius 2 is 0.549 bits per heavy atom. The van der Waals surface area contributed by atoms with Gasteiger partial charge in [-0.1, -0.05) is 194 Å². The number of nitrogens with two attached hydrogens (primary N) is 1. The first kappa shape index (κ1) is 32.0. The van der Waals surface area contributed by atoms with Crippen LogP contribution in [-0.2, 0) is 0 Å². The minimum absolute atomic E-state index is 0.00716. The first-order valence-electron chi connectivity index (χ1n) is 17.6. The molecule has 0 fully saturated rings. The molecule has 2 atom stereocenters. The van der Waals surface area contributed by atoms with Crippen LogP contribution in [0, 0.1) is 0 Å². The summed E-state index contributed by atoms with van der Waals surface area (Å²) in [7, 11) is 0. The monoisotopic (exact) mass is 653 g/mol. The second-order valence-corrected chi connectivity index (χ2v) is 13.1. The maximum absolute atomic E-state index is 7.10. The van der Waals surface area contributed by atoms with Gasteiger partial charge in [-0.3, -0.25) is 0 Å². The molecule has 1 nitrogen and oxygen atoms in total. The van der Waals surface area contributed by atoms with Crippen LogP contribution in [0.3, 0.4) is 0 Å². The van der Waals surface area contributed by atoms with Gasteiger partial charge in [-0.15, -0.1) is 0 Å². The largest absolute Gasteiger partial charge is 0.323 e. The van der Waals surface area contributed by atoms with Crippen LogP contribution in [-0.4, -0.2) is 0 Å². The van der Waals surface area contributed by atoms with E-state index < -0.39 is 0 Å². The first-order chi connectivity index (χ1) is 25.2. The molecule has 8 rings (SSSR count). The zero-order valence-corrected chi connectivity index (χ0v) is 28.4. The summed E-state index contributed by atoms with van der Waals surface area (Å²) < 4.78 is 0. The molecule has 51 heavy (non-hydrogen) atoms. The van der Waals surface area contributed by atoms with Gasteiger partial charge in [0.05, 0.1) is 0 Å². The molecule has 0 saturated heterocycles. The van der Waals surface area contributed by atoms with E-state index in [1.165, 1.54) is 66.8 Å². The maximum Gasteiger partial charge on any atom is 0.0405 e. The minimum Gasteiger partial charge on any atom is -0.323 e. The van der Waals surface area contributed by atoms with Crippen LogP contribution >= 0.6 is 0 Å². The standard InChI is InChI=1S/C50H39N/c51-50(43-20-11-4-12-21-43)49(42-18-9-3-10-19-42)45-23-13-22-44(32-45)48-34-46(40-28-24-38(25-29-40)36-14-5-1-6-15-36)33-47(35-48)41-30-26-39(27-31-41)37-16-7-2-8-17-37/h1-35,49-50H,51H2. The molecule has 0 aliphatic heterocycles. The van der Waals surface area contributed by atoms with Gasteiger partial charge in [0.2, 0.25) is 0 Å². The van der Waals surface area contributed by atoms with Gasteiger partial charge in [0.15, 0.2) is 0 Å². The minimum atomic E-state index is -0.197. The fourth-order valence-electron chi connectivity index (χ4n) is 7.15. The molecular formula is C50H39N. The quantitative estimate of drug-likeness (QED) is 0.165. The fourth-order valence-corrected chi connectivity index (χ4v) is 7.15.